The summed E-state index contributed by atoms with van der Waals surface area (Å²) in [5.41, 5.74) is 2.84. The number of amides is 3. The van der Waals surface area contributed by atoms with Crippen molar-refractivity contribution >= 4 is 39.4 Å². The van der Waals surface area contributed by atoms with Crippen molar-refractivity contribution in [3.05, 3.63) is 47.1 Å². The number of aromatic nitrogens is 2. The van der Waals surface area contributed by atoms with Gasteiger partial charge in [-0.3, -0.25) is 14.4 Å². The molecule has 1 aliphatic carbocycles. The number of rotatable bonds is 7. The van der Waals surface area contributed by atoms with Crippen molar-refractivity contribution in [2.75, 3.05) is 39.8 Å². The summed E-state index contributed by atoms with van der Waals surface area (Å²) in [5.74, 6) is -1.92. The van der Waals surface area contributed by atoms with Crippen molar-refractivity contribution in [3.63, 3.8) is 0 Å². The first-order chi connectivity index (χ1) is 17.9. The summed E-state index contributed by atoms with van der Waals surface area (Å²) in [6.07, 6.45) is 3.60. The second kappa shape index (κ2) is 10.6. The highest BCUT2D eigenvalue weighted by atomic mass is 32.1. The number of nitriles is 1. The van der Waals surface area contributed by atoms with E-state index in [1.165, 1.54) is 11.3 Å². The third kappa shape index (κ3) is 5.76. The van der Waals surface area contributed by atoms with Crippen LogP contribution in [-0.4, -0.2) is 83.3 Å². The number of hydrogen-bond acceptors (Lipinski definition) is 8. The van der Waals surface area contributed by atoms with Crippen LogP contribution >= 0.6 is 11.3 Å². The molecule has 0 spiro atoms. The Morgan fingerprint density at radius 3 is 2.54 bits per heavy atom. The standard InChI is InChI=1S/C26H27N7O3S/c1-32-8-10-33(11-9-32)26(36)17-4-2-16(3-5-17)18-12-21-23(28-14-18)31-25(37-21)20(13-27)24(35)29-15-22(34)30-19-6-7-19/h2-5,12,14,19-20H,6-11,15H2,1H3,(H,29,35)(H,30,34). The molecule has 2 aromatic heterocycles. The largest absolute Gasteiger partial charge is 0.352 e. The maximum atomic E-state index is 12.8. The predicted molar refractivity (Wildman–Crippen MR) is 139 cm³/mol. The number of nitrogens with one attached hydrogen (secondary N) is 2. The SMILES string of the molecule is CN1CCN(C(=O)c2ccc(-c3cnc4nc(C(C#N)C(=O)NCC(=O)NC5CC5)sc4c3)cc2)CC1. The maximum absolute atomic E-state index is 12.8. The van der Waals surface area contributed by atoms with Gasteiger partial charge in [0.05, 0.1) is 17.3 Å². The molecule has 1 aliphatic heterocycles. The summed E-state index contributed by atoms with van der Waals surface area (Å²) in [6, 6.07) is 11.5. The zero-order valence-corrected chi connectivity index (χ0v) is 21.3. The Morgan fingerprint density at radius 1 is 1.14 bits per heavy atom. The molecule has 1 aromatic carbocycles. The lowest BCUT2D eigenvalue weighted by Gasteiger charge is -2.32. The summed E-state index contributed by atoms with van der Waals surface area (Å²) in [4.78, 5) is 50.1. The first kappa shape index (κ1) is 24.8. The molecule has 1 saturated heterocycles. The van der Waals surface area contributed by atoms with Gasteiger partial charge in [0, 0.05) is 49.5 Å². The van der Waals surface area contributed by atoms with Crippen LogP contribution in [0.2, 0.25) is 0 Å². The normalized spacial score (nSPS) is 16.7. The van der Waals surface area contributed by atoms with Gasteiger partial charge < -0.3 is 20.4 Å². The van der Waals surface area contributed by atoms with Gasteiger partial charge in [-0.2, -0.15) is 5.26 Å². The van der Waals surface area contributed by atoms with Gasteiger partial charge in [-0.25, -0.2) is 9.97 Å². The number of pyridine rings is 1. The summed E-state index contributed by atoms with van der Waals surface area (Å²) in [5, 5.41) is 15.3. The molecule has 3 aromatic rings. The fraction of sp³-hybridized carbons (Fsp3) is 0.385. The number of carbonyl (C=O) groups is 3. The average Bonchev–Trinajstić information content (AvgIpc) is 3.63. The van der Waals surface area contributed by atoms with Gasteiger partial charge in [-0.1, -0.05) is 12.1 Å². The topological polar surface area (TPSA) is 131 Å². The minimum Gasteiger partial charge on any atom is -0.352 e. The molecular weight excluding hydrogens is 490 g/mol. The summed E-state index contributed by atoms with van der Waals surface area (Å²) >= 11 is 1.23. The van der Waals surface area contributed by atoms with Crippen LogP contribution in [-0.2, 0) is 9.59 Å². The molecule has 0 radical (unpaired) electrons. The van der Waals surface area contributed by atoms with Crippen molar-refractivity contribution in [1.29, 1.82) is 5.26 Å². The third-order valence-corrected chi connectivity index (χ3v) is 7.58. The Hall–Kier alpha value is -3.88. The van der Waals surface area contributed by atoms with Gasteiger partial charge in [-0.05, 0) is 43.7 Å². The van der Waals surface area contributed by atoms with Gasteiger partial charge in [0.15, 0.2) is 11.6 Å². The first-order valence-corrected chi connectivity index (χ1v) is 13.0. The third-order valence-electron chi connectivity index (χ3n) is 6.52. The molecule has 3 amide bonds. The zero-order chi connectivity index (χ0) is 25.9. The maximum Gasteiger partial charge on any atom is 0.253 e. The first-order valence-electron chi connectivity index (χ1n) is 12.2. The smallest absolute Gasteiger partial charge is 0.253 e. The molecule has 1 atom stereocenters. The van der Waals surface area contributed by atoms with Crippen LogP contribution in [0.4, 0.5) is 0 Å². The Labute approximate surface area is 218 Å². The number of carbonyl (C=O) groups excluding carboxylic acids is 3. The van der Waals surface area contributed by atoms with Gasteiger partial charge in [0.25, 0.3) is 5.91 Å². The van der Waals surface area contributed by atoms with Crippen LogP contribution in [0.3, 0.4) is 0 Å². The minimum atomic E-state index is -1.13. The van der Waals surface area contributed by atoms with Gasteiger partial charge in [0.2, 0.25) is 11.8 Å². The van der Waals surface area contributed by atoms with Crippen LogP contribution in [0.25, 0.3) is 21.5 Å². The fourth-order valence-corrected chi connectivity index (χ4v) is 5.13. The average molecular weight is 518 g/mol. The molecule has 0 bridgehead atoms. The Morgan fingerprint density at radius 2 is 1.86 bits per heavy atom. The van der Waals surface area contributed by atoms with E-state index in [1.54, 1.807) is 6.20 Å². The molecular formula is C26H27N7O3S. The van der Waals surface area contributed by atoms with E-state index >= 15 is 0 Å². The van der Waals surface area contributed by atoms with Crippen molar-refractivity contribution < 1.29 is 14.4 Å². The molecule has 2 N–H and O–H groups in total. The van der Waals surface area contributed by atoms with E-state index in [0.717, 1.165) is 54.8 Å². The van der Waals surface area contributed by atoms with E-state index in [2.05, 4.69) is 32.5 Å². The van der Waals surface area contributed by atoms with Crippen LogP contribution in [0.15, 0.2) is 36.5 Å². The molecule has 3 heterocycles. The van der Waals surface area contributed by atoms with E-state index in [0.29, 0.717) is 16.2 Å². The van der Waals surface area contributed by atoms with E-state index < -0.39 is 11.8 Å². The Bertz CT molecular complexity index is 1370. The summed E-state index contributed by atoms with van der Waals surface area (Å²) in [6.45, 7) is 3.02. The zero-order valence-electron chi connectivity index (χ0n) is 20.4. The van der Waals surface area contributed by atoms with Crippen LogP contribution < -0.4 is 10.6 Å². The molecule has 1 unspecified atom stereocenters. The molecule has 1 saturated carbocycles. The number of piperazine rings is 1. The summed E-state index contributed by atoms with van der Waals surface area (Å²) < 4.78 is 0.740. The molecule has 10 nitrogen and oxygen atoms in total. The molecule has 190 valence electrons. The van der Waals surface area contributed by atoms with E-state index in [9.17, 15) is 19.6 Å². The van der Waals surface area contributed by atoms with Crippen LogP contribution in [0.1, 0.15) is 34.1 Å². The lowest BCUT2D eigenvalue weighted by molar-refractivity contribution is -0.126. The van der Waals surface area contributed by atoms with Crippen molar-refractivity contribution in [2.45, 2.75) is 24.8 Å². The highest BCUT2D eigenvalue weighted by Crippen LogP contribution is 2.30. The van der Waals surface area contributed by atoms with Crippen molar-refractivity contribution in [1.82, 2.24) is 30.4 Å². The van der Waals surface area contributed by atoms with Gasteiger partial charge in [-0.15, -0.1) is 11.3 Å². The number of thiazole rings is 1. The van der Waals surface area contributed by atoms with E-state index in [4.69, 9.17) is 0 Å². The number of likely N-dealkylation sites (N-methyl/N-ethyl adjacent to an activating group) is 1. The predicted octanol–water partition coefficient (Wildman–Crippen LogP) is 1.75. The van der Waals surface area contributed by atoms with Gasteiger partial charge >= 0.3 is 0 Å². The Kier molecular flexibility index (Phi) is 7.12. The van der Waals surface area contributed by atoms with Crippen LogP contribution in [0.5, 0.6) is 0 Å². The lowest BCUT2D eigenvalue weighted by atomic mass is 10.0. The quantitative estimate of drug-likeness (QED) is 0.488. The second-order valence-electron chi connectivity index (χ2n) is 9.39. The highest BCUT2D eigenvalue weighted by Gasteiger charge is 2.27. The number of benzene rings is 1. The highest BCUT2D eigenvalue weighted by molar-refractivity contribution is 7.18. The molecule has 11 heteroatoms. The van der Waals surface area contributed by atoms with Crippen molar-refractivity contribution in [2.24, 2.45) is 0 Å². The molecule has 5 rings (SSSR count). The fourth-order valence-electron chi connectivity index (χ4n) is 4.12. The van der Waals surface area contributed by atoms with Crippen molar-refractivity contribution in [3.8, 4) is 17.2 Å². The molecule has 37 heavy (non-hydrogen) atoms. The minimum absolute atomic E-state index is 0.0335. The number of nitrogens with zero attached hydrogens (tertiary/aromatic N) is 5. The second-order valence-corrected chi connectivity index (χ2v) is 10.5. The van der Waals surface area contributed by atoms with E-state index in [1.807, 2.05) is 41.3 Å². The number of hydrogen-bond donors (Lipinski definition) is 2. The number of fused-ring (bicyclic) bond motifs is 1. The van der Waals surface area contributed by atoms with Crippen LogP contribution in [0, 0.1) is 11.3 Å². The molecule has 2 fully saturated rings. The molecule has 2 aliphatic rings. The summed E-state index contributed by atoms with van der Waals surface area (Å²) in [7, 11) is 2.06. The monoisotopic (exact) mass is 517 g/mol. The van der Waals surface area contributed by atoms with E-state index in [-0.39, 0.29) is 24.4 Å². The van der Waals surface area contributed by atoms with Gasteiger partial charge in [0.1, 0.15) is 5.01 Å². The lowest BCUT2D eigenvalue weighted by Crippen LogP contribution is -2.47. The Balaban J connectivity index is 1.27.